The number of fused-ring (bicyclic) bond motifs is 2. The van der Waals surface area contributed by atoms with E-state index in [1.54, 1.807) is 0 Å². The molecule has 2 heterocycles. The van der Waals surface area contributed by atoms with E-state index in [0.717, 1.165) is 42.1 Å². The van der Waals surface area contributed by atoms with Gasteiger partial charge in [0, 0.05) is 36.1 Å². The summed E-state index contributed by atoms with van der Waals surface area (Å²) in [4.78, 5) is 29.7. The number of rotatable bonds is 6. The van der Waals surface area contributed by atoms with Crippen molar-refractivity contribution in [1.29, 1.82) is 0 Å². The predicted octanol–water partition coefficient (Wildman–Crippen LogP) is 2.97. The van der Waals surface area contributed by atoms with Crippen LogP contribution in [-0.2, 0) is 29.0 Å². The van der Waals surface area contributed by atoms with Crippen LogP contribution >= 0.6 is 0 Å². The van der Waals surface area contributed by atoms with E-state index in [2.05, 4.69) is 39.1 Å². The van der Waals surface area contributed by atoms with Gasteiger partial charge in [0.2, 0.25) is 11.8 Å². The number of carbonyl (C=O) groups excluding carboxylic acids is 2. The summed E-state index contributed by atoms with van der Waals surface area (Å²) in [5, 5.41) is 10.7. The van der Waals surface area contributed by atoms with Gasteiger partial charge in [-0.1, -0.05) is 55.3 Å². The zero-order chi connectivity index (χ0) is 21.9. The molecule has 0 bridgehead atoms. The lowest BCUT2D eigenvalue weighted by Gasteiger charge is -2.28. The SMILES string of the molecule is O=C(NC1CCCC1)[C@H](Cc1c[nH]c2ccccc12)NC(=O)[C@H]1Cc2ccccc2CN1. The van der Waals surface area contributed by atoms with E-state index < -0.39 is 6.04 Å². The van der Waals surface area contributed by atoms with E-state index in [0.29, 0.717) is 19.4 Å². The molecule has 2 aromatic carbocycles. The summed E-state index contributed by atoms with van der Waals surface area (Å²) in [6.45, 7) is 0.662. The zero-order valence-corrected chi connectivity index (χ0v) is 18.2. The Morgan fingerprint density at radius 3 is 2.59 bits per heavy atom. The number of aromatic nitrogens is 1. The summed E-state index contributed by atoms with van der Waals surface area (Å²) in [6.07, 6.45) is 7.36. The van der Waals surface area contributed by atoms with Gasteiger partial charge in [-0.15, -0.1) is 0 Å². The molecule has 166 valence electrons. The maximum absolute atomic E-state index is 13.2. The molecule has 1 saturated carbocycles. The Morgan fingerprint density at radius 1 is 1.00 bits per heavy atom. The molecule has 5 rings (SSSR count). The Morgan fingerprint density at radius 2 is 1.75 bits per heavy atom. The molecule has 3 aromatic rings. The number of hydrogen-bond donors (Lipinski definition) is 4. The Hall–Kier alpha value is -3.12. The third-order valence-electron chi connectivity index (χ3n) is 6.83. The lowest BCUT2D eigenvalue weighted by atomic mass is 9.95. The van der Waals surface area contributed by atoms with Crippen molar-refractivity contribution >= 4 is 22.7 Å². The van der Waals surface area contributed by atoms with Crippen LogP contribution in [0.1, 0.15) is 42.4 Å². The fraction of sp³-hybridized carbons (Fsp3) is 0.385. The summed E-state index contributed by atoms with van der Waals surface area (Å²) in [5.74, 6) is -0.211. The highest BCUT2D eigenvalue weighted by atomic mass is 16.2. The summed E-state index contributed by atoms with van der Waals surface area (Å²) >= 11 is 0. The first-order valence-electron chi connectivity index (χ1n) is 11.6. The monoisotopic (exact) mass is 430 g/mol. The summed E-state index contributed by atoms with van der Waals surface area (Å²) in [5.41, 5.74) is 4.49. The van der Waals surface area contributed by atoms with Gasteiger partial charge in [-0.2, -0.15) is 0 Å². The average Bonchev–Trinajstić information content (AvgIpc) is 3.48. The lowest BCUT2D eigenvalue weighted by Crippen LogP contribution is -2.55. The summed E-state index contributed by atoms with van der Waals surface area (Å²) in [6, 6.07) is 15.5. The van der Waals surface area contributed by atoms with Gasteiger partial charge in [0.25, 0.3) is 0 Å². The summed E-state index contributed by atoms with van der Waals surface area (Å²) in [7, 11) is 0. The molecular formula is C26H30N4O2. The van der Waals surface area contributed by atoms with Crippen LogP contribution in [0.25, 0.3) is 10.9 Å². The third kappa shape index (κ3) is 4.41. The minimum Gasteiger partial charge on any atom is -0.361 e. The van der Waals surface area contributed by atoms with Gasteiger partial charge in [0.15, 0.2) is 0 Å². The highest BCUT2D eigenvalue weighted by Crippen LogP contribution is 2.21. The van der Waals surface area contributed by atoms with Gasteiger partial charge >= 0.3 is 0 Å². The van der Waals surface area contributed by atoms with E-state index in [9.17, 15) is 9.59 Å². The summed E-state index contributed by atoms with van der Waals surface area (Å²) < 4.78 is 0. The van der Waals surface area contributed by atoms with Crippen LogP contribution < -0.4 is 16.0 Å². The maximum atomic E-state index is 13.2. The van der Waals surface area contributed by atoms with Crippen molar-refractivity contribution in [2.45, 2.75) is 63.2 Å². The molecule has 2 atom stereocenters. The van der Waals surface area contributed by atoms with Crippen LogP contribution in [0.5, 0.6) is 0 Å². The number of nitrogens with one attached hydrogen (secondary N) is 4. The van der Waals surface area contributed by atoms with Crippen LogP contribution in [0.2, 0.25) is 0 Å². The van der Waals surface area contributed by atoms with E-state index in [1.165, 1.54) is 11.1 Å². The fourth-order valence-electron chi connectivity index (χ4n) is 5.01. The molecule has 0 radical (unpaired) electrons. The van der Waals surface area contributed by atoms with Crippen molar-refractivity contribution in [3.05, 3.63) is 71.4 Å². The van der Waals surface area contributed by atoms with Crippen LogP contribution in [0.15, 0.2) is 54.7 Å². The normalized spacial score (nSPS) is 19.4. The topological polar surface area (TPSA) is 86.0 Å². The van der Waals surface area contributed by atoms with Gasteiger partial charge in [-0.05, 0) is 42.0 Å². The van der Waals surface area contributed by atoms with Gasteiger partial charge in [0.05, 0.1) is 6.04 Å². The first kappa shape index (κ1) is 20.8. The van der Waals surface area contributed by atoms with E-state index in [4.69, 9.17) is 0 Å². The highest BCUT2D eigenvalue weighted by molar-refractivity contribution is 5.91. The Labute approximate surface area is 188 Å². The second kappa shape index (κ2) is 9.17. The van der Waals surface area contributed by atoms with Crippen molar-refractivity contribution in [2.24, 2.45) is 0 Å². The second-order valence-electron chi connectivity index (χ2n) is 9.02. The molecule has 2 amide bonds. The van der Waals surface area contributed by atoms with Gasteiger partial charge in [-0.3, -0.25) is 9.59 Å². The molecule has 1 aliphatic heterocycles. The van der Waals surface area contributed by atoms with Crippen LogP contribution in [-0.4, -0.2) is 34.9 Å². The second-order valence-corrected chi connectivity index (χ2v) is 9.02. The Bertz CT molecular complexity index is 1120. The van der Waals surface area contributed by atoms with Crippen molar-refractivity contribution in [2.75, 3.05) is 0 Å². The molecule has 2 aliphatic rings. The number of benzene rings is 2. The van der Waals surface area contributed by atoms with Crippen LogP contribution in [0, 0.1) is 0 Å². The quantitative estimate of drug-likeness (QED) is 0.485. The number of H-pyrrole nitrogens is 1. The number of hydrogen-bond acceptors (Lipinski definition) is 3. The van der Waals surface area contributed by atoms with E-state index in [-0.39, 0.29) is 23.9 Å². The molecule has 1 aromatic heterocycles. The fourth-order valence-corrected chi connectivity index (χ4v) is 5.01. The third-order valence-corrected chi connectivity index (χ3v) is 6.83. The van der Waals surface area contributed by atoms with Gasteiger partial charge < -0.3 is 20.9 Å². The Kier molecular flexibility index (Phi) is 5.95. The molecule has 6 heteroatoms. The molecule has 1 aliphatic carbocycles. The molecule has 1 fully saturated rings. The smallest absolute Gasteiger partial charge is 0.243 e. The largest absolute Gasteiger partial charge is 0.361 e. The maximum Gasteiger partial charge on any atom is 0.243 e. The van der Waals surface area contributed by atoms with Gasteiger partial charge in [0.1, 0.15) is 6.04 Å². The molecular weight excluding hydrogens is 400 g/mol. The molecule has 0 spiro atoms. The standard InChI is InChI=1S/C26H30N4O2/c31-25(23-13-17-7-1-2-8-18(17)15-28-23)30-24(26(32)29-20-9-3-4-10-20)14-19-16-27-22-12-6-5-11-21(19)22/h1-2,5-8,11-12,16,20,23-24,27-28H,3-4,9-10,13-15H2,(H,29,32)(H,30,31)/t23-,24+/m1/s1. The molecule has 0 unspecified atom stereocenters. The Balaban J connectivity index is 1.33. The van der Waals surface area contributed by atoms with Crippen molar-refractivity contribution in [1.82, 2.24) is 20.9 Å². The lowest BCUT2D eigenvalue weighted by molar-refractivity contribution is -0.130. The van der Waals surface area contributed by atoms with Crippen molar-refractivity contribution < 1.29 is 9.59 Å². The highest BCUT2D eigenvalue weighted by Gasteiger charge is 2.30. The molecule has 6 nitrogen and oxygen atoms in total. The minimum atomic E-state index is -0.610. The van der Waals surface area contributed by atoms with Crippen LogP contribution in [0.4, 0.5) is 0 Å². The zero-order valence-electron chi connectivity index (χ0n) is 18.2. The van der Waals surface area contributed by atoms with Crippen molar-refractivity contribution in [3.63, 3.8) is 0 Å². The molecule has 0 saturated heterocycles. The van der Waals surface area contributed by atoms with Crippen LogP contribution in [0.3, 0.4) is 0 Å². The first-order valence-corrected chi connectivity index (χ1v) is 11.6. The van der Waals surface area contributed by atoms with E-state index in [1.807, 2.05) is 36.5 Å². The van der Waals surface area contributed by atoms with E-state index >= 15 is 0 Å². The first-order chi connectivity index (χ1) is 15.7. The number of amides is 2. The number of carbonyl (C=O) groups is 2. The number of para-hydroxylation sites is 1. The van der Waals surface area contributed by atoms with Gasteiger partial charge in [-0.25, -0.2) is 0 Å². The number of aromatic amines is 1. The molecule has 32 heavy (non-hydrogen) atoms. The van der Waals surface area contributed by atoms with Crippen molar-refractivity contribution in [3.8, 4) is 0 Å². The predicted molar refractivity (Wildman–Crippen MR) is 125 cm³/mol. The minimum absolute atomic E-state index is 0.0910. The average molecular weight is 431 g/mol. The molecule has 4 N–H and O–H groups in total.